The summed E-state index contributed by atoms with van der Waals surface area (Å²) in [5.74, 6) is -0.658. The molecule has 0 aromatic rings. The fourth-order valence-corrected chi connectivity index (χ4v) is 0.765. The van der Waals surface area contributed by atoms with Gasteiger partial charge in [0.1, 0.15) is 13.2 Å². The van der Waals surface area contributed by atoms with Crippen molar-refractivity contribution < 1.29 is 20.1 Å². The Labute approximate surface area is 96.6 Å². The van der Waals surface area contributed by atoms with Gasteiger partial charge in [-0.3, -0.25) is 9.59 Å². The molecule has 0 saturated heterocycles. The van der Waals surface area contributed by atoms with Crippen molar-refractivity contribution in [2.45, 2.75) is 16.6 Å². The van der Waals surface area contributed by atoms with Crippen molar-refractivity contribution >= 4 is 46.6 Å². The van der Waals surface area contributed by atoms with Gasteiger partial charge in [-0.1, -0.05) is 34.8 Å². The Morgan fingerprint density at radius 2 is 1.79 bits per heavy atom. The van der Waals surface area contributed by atoms with Crippen molar-refractivity contribution in [3.8, 4) is 0 Å². The zero-order valence-electron chi connectivity index (χ0n) is 7.39. The van der Waals surface area contributed by atoms with Crippen LogP contribution in [0.1, 0.15) is 12.8 Å². The molecule has 0 aliphatic rings. The van der Waals surface area contributed by atoms with Crippen LogP contribution in [0.25, 0.3) is 0 Å². The van der Waals surface area contributed by atoms with E-state index in [9.17, 15) is 9.59 Å². The van der Waals surface area contributed by atoms with E-state index in [4.69, 9.17) is 34.8 Å². The number of carbonyl (C=O) groups excluding carboxylic acids is 2. The Balaban J connectivity index is 3.62. The summed E-state index contributed by atoms with van der Waals surface area (Å²) in [6.07, 6.45) is 0.108. The Hall–Kier alpha value is -0.0300. The third kappa shape index (κ3) is 8.56. The molecular weight excluding hydrogens is 252 g/mol. The normalized spacial score (nSPS) is 11.1. The van der Waals surface area contributed by atoms with Gasteiger partial charge in [0.25, 0.3) is 0 Å². The number of quaternary nitrogens is 1. The molecule has 0 amide bonds. The van der Waals surface area contributed by atoms with Crippen molar-refractivity contribution in [2.75, 3.05) is 13.2 Å². The van der Waals surface area contributed by atoms with E-state index < -0.39 is 9.76 Å². The Bertz CT molecular complexity index is 215. The van der Waals surface area contributed by atoms with Gasteiger partial charge in [0.2, 0.25) is 3.79 Å². The zero-order valence-corrected chi connectivity index (χ0v) is 9.66. The minimum Gasteiger partial charge on any atom is -0.461 e. The summed E-state index contributed by atoms with van der Waals surface area (Å²) < 4.78 is 2.99. The lowest BCUT2D eigenvalue weighted by Crippen LogP contribution is -2.54. The van der Waals surface area contributed by atoms with Crippen molar-refractivity contribution in [2.24, 2.45) is 0 Å². The minimum atomic E-state index is -1.61. The van der Waals surface area contributed by atoms with Crippen LogP contribution in [0.2, 0.25) is 0 Å². The van der Waals surface area contributed by atoms with E-state index in [1.807, 2.05) is 0 Å². The minimum absolute atomic E-state index is 0.00486. The first-order chi connectivity index (χ1) is 6.35. The predicted octanol–water partition coefficient (Wildman–Crippen LogP) is 0.491. The molecule has 0 spiro atoms. The highest BCUT2D eigenvalue weighted by Crippen LogP contribution is 2.25. The first kappa shape index (κ1) is 14.0. The molecule has 0 aromatic carbocycles. The first-order valence-electron chi connectivity index (χ1n) is 3.88. The summed E-state index contributed by atoms with van der Waals surface area (Å²) in [4.78, 5) is 21.7. The van der Waals surface area contributed by atoms with Crippen LogP contribution >= 0.6 is 34.8 Å². The fourth-order valence-electron chi connectivity index (χ4n) is 0.601. The SMILES string of the molecule is [NH3+]CC(=O)CCC(=O)OCC(Cl)(Cl)Cl. The summed E-state index contributed by atoms with van der Waals surface area (Å²) in [7, 11) is 0. The second-order valence-corrected chi connectivity index (χ2v) is 5.08. The largest absolute Gasteiger partial charge is 0.461 e. The molecule has 7 heteroatoms. The van der Waals surface area contributed by atoms with Crippen LogP contribution in [0.3, 0.4) is 0 Å². The van der Waals surface area contributed by atoms with Crippen molar-refractivity contribution in [3.63, 3.8) is 0 Å². The fraction of sp³-hybridized carbons (Fsp3) is 0.714. The Kier molecular flexibility index (Phi) is 6.44. The summed E-state index contributed by atoms with van der Waals surface area (Å²) in [6.45, 7) is -0.146. The molecule has 14 heavy (non-hydrogen) atoms. The summed E-state index contributed by atoms with van der Waals surface area (Å²) in [6, 6.07) is 0. The van der Waals surface area contributed by atoms with Gasteiger partial charge in [-0.2, -0.15) is 0 Å². The quantitative estimate of drug-likeness (QED) is 0.580. The number of halogens is 3. The van der Waals surface area contributed by atoms with E-state index in [1.165, 1.54) is 0 Å². The lowest BCUT2D eigenvalue weighted by Gasteiger charge is -2.10. The highest BCUT2D eigenvalue weighted by Gasteiger charge is 2.22. The Morgan fingerprint density at radius 1 is 1.21 bits per heavy atom. The van der Waals surface area contributed by atoms with E-state index in [2.05, 4.69) is 10.5 Å². The number of carbonyl (C=O) groups is 2. The molecule has 0 heterocycles. The van der Waals surface area contributed by atoms with E-state index in [1.54, 1.807) is 0 Å². The van der Waals surface area contributed by atoms with Crippen molar-refractivity contribution in [3.05, 3.63) is 0 Å². The number of ketones is 1. The van der Waals surface area contributed by atoms with Gasteiger partial charge in [0.05, 0.1) is 6.42 Å². The maximum absolute atomic E-state index is 10.9. The van der Waals surface area contributed by atoms with E-state index in [0.717, 1.165) is 0 Å². The molecule has 0 saturated carbocycles. The van der Waals surface area contributed by atoms with Crippen LogP contribution in [0.4, 0.5) is 0 Å². The first-order valence-corrected chi connectivity index (χ1v) is 5.02. The van der Waals surface area contributed by atoms with Gasteiger partial charge in [0.15, 0.2) is 5.78 Å². The number of ether oxygens (including phenoxy) is 1. The molecular formula is C7H11Cl3NO3+. The smallest absolute Gasteiger partial charge is 0.306 e. The standard InChI is InChI=1S/C7H10Cl3NO3/c8-7(9,10)4-14-6(13)2-1-5(12)3-11/h1-4,11H2/p+1. The molecule has 0 atom stereocenters. The van der Waals surface area contributed by atoms with Gasteiger partial charge in [-0.05, 0) is 0 Å². The van der Waals surface area contributed by atoms with Crippen LogP contribution in [-0.4, -0.2) is 28.7 Å². The molecule has 82 valence electrons. The number of hydrogen-bond donors (Lipinski definition) is 1. The molecule has 0 aromatic heterocycles. The summed E-state index contributed by atoms with van der Waals surface area (Å²) in [5.41, 5.74) is 3.38. The van der Waals surface area contributed by atoms with Crippen LogP contribution in [0, 0.1) is 0 Å². The number of hydrogen-bond acceptors (Lipinski definition) is 3. The molecule has 0 unspecified atom stereocenters. The number of alkyl halides is 3. The number of rotatable bonds is 5. The zero-order chi connectivity index (χ0) is 11.2. The highest BCUT2D eigenvalue weighted by atomic mass is 35.6. The van der Waals surface area contributed by atoms with Crippen LogP contribution < -0.4 is 5.73 Å². The molecule has 4 nitrogen and oxygen atoms in total. The van der Waals surface area contributed by atoms with Crippen molar-refractivity contribution in [1.29, 1.82) is 0 Å². The lowest BCUT2D eigenvalue weighted by molar-refractivity contribution is -0.354. The molecule has 3 N–H and O–H groups in total. The maximum atomic E-state index is 10.9. The van der Waals surface area contributed by atoms with E-state index in [-0.39, 0.29) is 31.8 Å². The van der Waals surface area contributed by atoms with Crippen LogP contribution in [0.15, 0.2) is 0 Å². The lowest BCUT2D eigenvalue weighted by atomic mass is 10.2. The molecule has 0 aliphatic carbocycles. The second kappa shape index (κ2) is 6.45. The van der Waals surface area contributed by atoms with Gasteiger partial charge >= 0.3 is 5.97 Å². The molecule has 0 fully saturated rings. The van der Waals surface area contributed by atoms with Gasteiger partial charge in [-0.15, -0.1) is 0 Å². The van der Waals surface area contributed by atoms with E-state index in [0.29, 0.717) is 0 Å². The summed E-state index contributed by atoms with van der Waals surface area (Å²) in [5, 5.41) is 0. The predicted molar refractivity (Wildman–Crippen MR) is 53.2 cm³/mol. The van der Waals surface area contributed by atoms with Gasteiger partial charge in [0, 0.05) is 6.42 Å². The molecule has 0 aliphatic heterocycles. The van der Waals surface area contributed by atoms with Gasteiger partial charge < -0.3 is 10.5 Å². The number of Topliss-reactive ketones (excluding diaryl/α,β-unsaturated/α-hetero) is 1. The number of esters is 1. The molecule has 0 bridgehead atoms. The third-order valence-electron chi connectivity index (χ3n) is 1.28. The topological polar surface area (TPSA) is 71.0 Å². The average molecular weight is 264 g/mol. The van der Waals surface area contributed by atoms with Crippen LogP contribution in [-0.2, 0) is 14.3 Å². The van der Waals surface area contributed by atoms with Gasteiger partial charge in [-0.25, -0.2) is 0 Å². The molecule has 0 radical (unpaired) electrons. The molecule has 0 rings (SSSR count). The van der Waals surface area contributed by atoms with E-state index >= 15 is 0 Å². The highest BCUT2D eigenvalue weighted by molar-refractivity contribution is 6.67. The second-order valence-electron chi connectivity index (χ2n) is 2.56. The third-order valence-corrected chi connectivity index (χ3v) is 1.61. The van der Waals surface area contributed by atoms with Crippen molar-refractivity contribution in [1.82, 2.24) is 0 Å². The summed E-state index contributed by atoms with van der Waals surface area (Å²) >= 11 is 16.0. The average Bonchev–Trinajstić information content (AvgIpc) is 2.09. The van der Waals surface area contributed by atoms with Crippen LogP contribution in [0.5, 0.6) is 0 Å². The Morgan fingerprint density at radius 3 is 2.21 bits per heavy atom. The monoisotopic (exact) mass is 262 g/mol. The maximum Gasteiger partial charge on any atom is 0.306 e.